The minimum atomic E-state index is -2.08. The van der Waals surface area contributed by atoms with Crippen LogP contribution in [-0.4, -0.2) is 25.8 Å². The van der Waals surface area contributed by atoms with E-state index in [1.54, 1.807) is 6.20 Å². The highest BCUT2D eigenvalue weighted by Crippen LogP contribution is 2.43. The SMILES string of the molecule is CC(C)[Si](OCC(C(=O)Nc1ccc2cnccc2c1)c1ccccc1)(C(C)C)C(C)C. The van der Waals surface area contributed by atoms with Crippen LogP contribution in [-0.2, 0) is 9.22 Å². The van der Waals surface area contributed by atoms with Crippen LogP contribution in [0, 0.1) is 0 Å². The molecular weight excluding hydrogens is 412 g/mol. The third-order valence-corrected chi connectivity index (χ3v) is 12.7. The summed E-state index contributed by atoms with van der Waals surface area (Å²) in [6, 6.07) is 17.8. The number of carbonyl (C=O) groups excluding carboxylic acids is 1. The summed E-state index contributed by atoms with van der Waals surface area (Å²) in [5, 5.41) is 5.24. The van der Waals surface area contributed by atoms with Crippen LogP contribution in [0.4, 0.5) is 5.69 Å². The highest BCUT2D eigenvalue weighted by Gasteiger charge is 2.45. The van der Waals surface area contributed by atoms with Gasteiger partial charge in [0.25, 0.3) is 0 Å². The van der Waals surface area contributed by atoms with Gasteiger partial charge in [0.15, 0.2) is 8.32 Å². The number of nitrogens with zero attached hydrogens (tertiary/aromatic N) is 1. The molecule has 0 aliphatic heterocycles. The molecule has 2 aromatic carbocycles. The van der Waals surface area contributed by atoms with Crippen LogP contribution in [0.2, 0.25) is 16.6 Å². The third-order valence-electron chi connectivity index (χ3n) is 6.63. The van der Waals surface area contributed by atoms with Gasteiger partial charge >= 0.3 is 0 Å². The quantitative estimate of drug-likeness (QED) is 0.354. The number of aromatic nitrogens is 1. The van der Waals surface area contributed by atoms with Gasteiger partial charge in [-0.15, -0.1) is 0 Å². The lowest BCUT2D eigenvalue weighted by molar-refractivity contribution is -0.118. The van der Waals surface area contributed by atoms with Gasteiger partial charge in [-0.25, -0.2) is 0 Å². The minimum Gasteiger partial charge on any atom is -0.415 e. The number of nitrogens with one attached hydrogen (secondary N) is 1. The van der Waals surface area contributed by atoms with E-state index >= 15 is 0 Å². The van der Waals surface area contributed by atoms with Crippen LogP contribution >= 0.6 is 0 Å². The molecule has 5 heteroatoms. The summed E-state index contributed by atoms with van der Waals surface area (Å²) >= 11 is 0. The van der Waals surface area contributed by atoms with Crippen molar-refractivity contribution >= 4 is 30.7 Å². The van der Waals surface area contributed by atoms with Crippen molar-refractivity contribution in [1.29, 1.82) is 0 Å². The summed E-state index contributed by atoms with van der Waals surface area (Å²) in [6.45, 7) is 14.0. The van der Waals surface area contributed by atoms with E-state index in [4.69, 9.17) is 4.43 Å². The summed E-state index contributed by atoms with van der Waals surface area (Å²) < 4.78 is 6.83. The average Bonchev–Trinajstić information content (AvgIpc) is 2.76. The topological polar surface area (TPSA) is 51.2 Å². The van der Waals surface area contributed by atoms with Crippen molar-refractivity contribution in [2.45, 2.75) is 64.1 Å². The fraction of sp³-hybridized carbons (Fsp3) is 0.407. The van der Waals surface area contributed by atoms with Gasteiger partial charge in [0.2, 0.25) is 5.91 Å². The van der Waals surface area contributed by atoms with E-state index < -0.39 is 8.32 Å². The number of hydrogen-bond donors (Lipinski definition) is 1. The Kier molecular flexibility index (Phi) is 7.85. The number of pyridine rings is 1. The molecule has 0 bridgehead atoms. The number of amides is 1. The van der Waals surface area contributed by atoms with E-state index in [2.05, 4.69) is 51.8 Å². The number of benzene rings is 2. The molecule has 1 N–H and O–H groups in total. The van der Waals surface area contributed by atoms with Crippen molar-refractivity contribution in [2.24, 2.45) is 0 Å². The Morgan fingerprint density at radius 2 is 1.56 bits per heavy atom. The fourth-order valence-corrected chi connectivity index (χ4v) is 10.6. The Hall–Kier alpha value is -2.50. The summed E-state index contributed by atoms with van der Waals surface area (Å²) in [4.78, 5) is 17.6. The zero-order chi connectivity index (χ0) is 23.3. The molecule has 170 valence electrons. The Bertz CT molecular complexity index is 1010. The van der Waals surface area contributed by atoms with Crippen molar-refractivity contribution < 1.29 is 9.22 Å². The average molecular weight is 449 g/mol. The van der Waals surface area contributed by atoms with E-state index in [0.29, 0.717) is 23.2 Å². The van der Waals surface area contributed by atoms with Crippen molar-refractivity contribution in [1.82, 2.24) is 4.98 Å². The van der Waals surface area contributed by atoms with Gasteiger partial charge in [0.05, 0.1) is 5.92 Å². The zero-order valence-electron chi connectivity index (χ0n) is 20.1. The van der Waals surface area contributed by atoms with Gasteiger partial charge in [-0.05, 0) is 45.8 Å². The zero-order valence-corrected chi connectivity index (χ0v) is 21.1. The number of fused-ring (bicyclic) bond motifs is 1. The molecule has 0 saturated heterocycles. The van der Waals surface area contributed by atoms with Crippen LogP contribution in [0.5, 0.6) is 0 Å². The molecule has 0 radical (unpaired) electrons. The molecule has 0 spiro atoms. The number of rotatable bonds is 9. The van der Waals surface area contributed by atoms with Gasteiger partial charge < -0.3 is 9.74 Å². The second kappa shape index (κ2) is 10.4. The molecular formula is C27H36N2O2Si. The molecule has 4 nitrogen and oxygen atoms in total. The Morgan fingerprint density at radius 3 is 2.19 bits per heavy atom. The first-order valence-electron chi connectivity index (χ1n) is 11.6. The van der Waals surface area contributed by atoms with Crippen LogP contribution in [0.1, 0.15) is 53.0 Å². The van der Waals surface area contributed by atoms with Crippen molar-refractivity contribution in [3.8, 4) is 0 Å². The molecule has 0 aliphatic rings. The van der Waals surface area contributed by atoms with Gasteiger partial charge in [0, 0.05) is 30.1 Å². The molecule has 1 unspecified atom stereocenters. The smallest absolute Gasteiger partial charge is 0.234 e. The molecule has 1 aromatic heterocycles. The van der Waals surface area contributed by atoms with Crippen LogP contribution in [0.25, 0.3) is 10.8 Å². The van der Waals surface area contributed by atoms with Crippen molar-refractivity contribution in [3.63, 3.8) is 0 Å². The molecule has 0 saturated carbocycles. The van der Waals surface area contributed by atoms with E-state index in [9.17, 15) is 4.79 Å². The van der Waals surface area contributed by atoms with E-state index in [-0.39, 0.29) is 11.8 Å². The maximum Gasteiger partial charge on any atom is 0.234 e. The first kappa shape index (κ1) is 24.1. The maximum atomic E-state index is 13.5. The lowest BCUT2D eigenvalue weighted by Gasteiger charge is -2.43. The van der Waals surface area contributed by atoms with Crippen LogP contribution in [0.15, 0.2) is 67.0 Å². The molecule has 3 rings (SSSR count). The van der Waals surface area contributed by atoms with Gasteiger partial charge in [-0.3, -0.25) is 9.78 Å². The van der Waals surface area contributed by atoms with E-state index in [1.807, 2.05) is 60.8 Å². The summed E-state index contributed by atoms with van der Waals surface area (Å²) in [6.07, 6.45) is 3.60. The second-order valence-electron chi connectivity index (χ2n) is 9.52. The summed E-state index contributed by atoms with van der Waals surface area (Å²) in [5.74, 6) is -0.406. The van der Waals surface area contributed by atoms with Gasteiger partial charge in [-0.2, -0.15) is 0 Å². The predicted octanol–water partition coefficient (Wildman–Crippen LogP) is 7.15. The molecule has 1 heterocycles. The standard InChI is InChI=1S/C27H36N2O2Si/c1-19(2)32(20(3)4,21(5)6)31-18-26(22-10-8-7-9-11-22)27(30)29-25-13-12-24-17-28-15-14-23(24)16-25/h7-17,19-21,26H,18H2,1-6H3,(H,29,30). The van der Waals surface area contributed by atoms with Crippen molar-refractivity contribution in [2.75, 3.05) is 11.9 Å². The highest BCUT2D eigenvalue weighted by molar-refractivity contribution is 6.77. The van der Waals surface area contributed by atoms with Crippen molar-refractivity contribution in [3.05, 3.63) is 72.6 Å². The fourth-order valence-electron chi connectivity index (χ4n) is 5.13. The minimum absolute atomic E-state index is 0.0382. The van der Waals surface area contributed by atoms with Gasteiger partial charge in [0.1, 0.15) is 0 Å². The lowest BCUT2D eigenvalue weighted by atomic mass is 9.99. The number of carbonyl (C=O) groups is 1. The highest BCUT2D eigenvalue weighted by atomic mass is 28.4. The van der Waals surface area contributed by atoms with E-state index in [0.717, 1.165) is 22.0 Å². The van der Waals surface area contributed by atoms with Crippen LogP contribution < -0.4 is 5.32 Å². The molecule has 32 heavy (non-hydrogen) atoms. The molecule has 1 atom stereocenters. The Morgan fingerprint density at radius 1 is 0.906 bits per heavy atom. The molecule has 1 amide bonds. The lowest BCUT2D eigenvalue weighted by Crippen LogP contribution is -2.49. The maximum absolute atomic E-state index is 13.5. The van der Waals surface area contributed by atoms with E-state index in [1.165, 1.54) is 0 Å². The Labute approximate surface area is 193 Å². The largest absolute Gasteiger partial charge is 0.415 e. The summed E-state index contributed by atoms with van der Waals surface area (Å²) in [5.41, 5.74) is 3.17. The normalized spacial score (nSPS) is 13.2. The second-order valence-corrected chi connectivity index (χ2v) is 15.0. The summed E-state index contributed by atoms with van der Waals surface area (Å²) in [7, 11) is -2.08. The number of anilines is 1. The number of hydrogen-bond acceptors (Lipinski definition) is 3. The third kappa shape index (κ3) is 5.10. The molecule has 0 aliphatic carbocycles. The predicted molar refractivity (Wildman–Crippen MR) is 137 cm³/mol. The first-order chi connectivity index (χ1) is 15.3. The van der Waals surface area contributed by atoms with Crippen LogP contribution in [0.3, 0.4) is 0 Å². The first-order valence-corrected chi connectivity index (χ1v) is 13.7. The van der Waals surface area contributed by atoms with Gasteiger partial charge in [-0.1, -0.05) is 77.9 Å². The molecule has 0 fully saturated rings. The Balaban J connectivity index is 1.87. The monoisotopic (exact) mass is 448 g/mol. The molecule has 3 aromatic rings.